The van der Waals surface area contributed by atoms with Crippen molar-refractivity contribution in [2.24, 2.45) is 0 Å². The Balaban J connectivity index is 2.36. The van der Waals surface area contributed by atoms with Gasteiger partial charge in [0.1, 0.15) is 11.6 Å². The number of anilines is 1. The Labute approximate surface area is 136 Å². The molecule has 1 aromatic carbocycles. The number of rotatable bonds is 5. The van der Waals surface area contributed by atoms with Gasteiger partial charge in [0.2, 0.25) is 0 Å². The molecule has 1 atom stereocenters. The third-order valence-electron chi connectivity index (χ3n) is 3.48. The Morgan fingerprint density at radius 1 is 1.33 bits per heavy atom. The first kappa shape index (κ1) is 18.1. The van der Waals surface area contributed by atoms with E-state index in [0.717, 1.165) is 6.07 Å². The maximum absolute atomic E-state index is 13.7. The van der Waals surface area contributed by atoms with Crippen LogP contribution >= 0.6 is 0 Å². The number of nitrogens with one attached hydrogen (secondary N) is 1. The molecule has 2 rings (SSSR count). The number of aryl methyl sites for hydroxylation is 1. The zero-order valence-corrected chi connectivity index (χ0v) is 13.2. The lowest BCUT2D eigenvalue weighted by atomic mass is 9.94. The number of nitrogens with zero attached hydrogens (tertiary/aromatic N) is 2. The van der Waals surface area contributed by atoms with Crippen molar-refractivity contribution in [3.63, 3.8) is 0 Å². The second-order valence-corrected chi connectivity index (χ2v) is 5.82. The Morgan fingerprint density at radius 2 is 2.00 bits per heavy atom. The van der Waals surface area contributed by atoms with Crippen LogP contribution < -0.4 is 5.32 Å². The molecule has 130 valence electrons. The summed E-state index contributed by atoms with van der Waals surface area (Å²) >= 11 is 0. The molecule has 0 saturated carbocycles. The molecule has 24 heavy (non-hydrogen) atoms. The summed E-state index contributed by atoms with van der Waals surface area (Å²) in [6.45, 7) is 5.57. The zero-order chi connectivity index (χ0) is 18.1. The van der Waals surface area contributed by atoms with Crippen LogP contribution in [0.1, 0.15) is 19.2 Å². The number of hydrogen-bond acceptors (Lipinski definition) is 4. The molecule has 0 aliphatic rings. The Morgan fingerprint density at radius 3 is 2.58 bits per heavy atom. The summed E-state index contributed by atoms with van der Waals surface area (Å²) in [4.78, 5) is 8.02. The average molecular weight is 343 g/mol. The first-order valence-corrected chi connectivity index (χ1v) is 7.12. The highest BCUT2D eigenvalue weighted by Crippen LogP contribution is 2.36. The third-order valence-corrected chi connectivity index (χ3v) is 3.48. The molecule has 0 aliphatic carbocycles. The highest BCUT2D eigenvalue weighted by atomic mass is 19.4. The van der Waals surface area contributed by atoms with E-state index < -0.39 is 30.6 Å². The standard InChI is InChI=1S/C16H17F4N3O/c1-9(2)6-15(24,16(18,19)20)8-22-13-4-11(17)5-14-12(13)7-21-10(3)23-14/h4-5,7,22,24H,1,6,8H2,2-3H3. The number of hydrogen-bond donors (Lipinski definition) is 2. The normalized spacial score (nSPS) is 14.5. The predicted molar refractivity (Wildman–Crippen MR) is 83.2 cm³/mol. The quantitative estimate of drug-likeness (QED) is 0.641. The van der Waals surface area contributed by atoms with Gasteiger partial charge in [0.25, 0.3) is 0 Å². The summed E-state index contributed by atoms with van der Waals surface area (Å²) in [7, 11) is 0. The van der Waals surface area contributed by atoms with Gasteiger partial charge in [-0.25, -0.2) is 14.4 Å². The van der Waals surface area contributed by atoms with E-state index in [-0.39, 0.29) is 16.8 Å². The fourth-order valence-electron chi connectivity index (χ4n) is 2.34. The van der Waals surface area contributed by atoms with Gasteiger partial charge in [0.15, 0.2) is 5.60 Å². The largest absolute Gasteiger partial charge is 0.419 e. The van der Waals surface area contributed by atoms with Gasteiger partial charge >= 0.3 is 6.18 Å². The molecule has 0 radical (unpaired) electrons. The van der Waals surface area contributed by atoms with E-state index >= 15 is 0 Å². The molecule has 1 heterocycles. The summed E-state index contributed by atoms with van der Waals surface area (Å²) in [6, 6.07) is 2.21. The van der Waals surface area contributed by atoms with Gasteiger partial charge < -0.3 is 10.4 Å². The van der Waals surface area contributed by atoms with E-state index in [1.807, 2.05) is 0 Å². The summed E-state index contributed by atoms with van der Waals surface area (Å²) in [5.41, 5.74) is -2.49. The van der Waals surface area contributed by atoms with Gasteiger partial charge in [-0.1, -0.05) is 5.57 Å². The van der Waals surface area contributed by atoms with Crippen molar-refractivity contribution in [1.82, 2.24) is 9.97 Å². The molecule has 1 unspecified atom stereocenters. The summed E-state index contributed by atoms with van der Waals surface area (Å²) < 4.78 is 53.2. The van der Waals surface area contributed by atoms with Crippen molar-refractivity contribution in [3.05, 3.63) is 42.1 Å². The molecule has 2 aromatic rings. The van der Waals surface area contributed by atoms with Crippen LogP contribution in [0.4, 0.5) is 23.2 Å². The van der Waals surface area contributed by atoms with Crippen molar-refractivity contribution >= 4 is 16.6 Å². The lowest BCUT2D eigenvalue weighted by Crippen LogP contribution is -2.50. The number of halogens is 4. The lowest BCUT2D eigenvalue weighted by molar-refractivity contribution is -0.253. The summed E-state index contributed by atoms with van der Waals surface area (Å²) in [6.07, 6.45) is -4.13. The van der Waals surface area contributed by atoms with Gasteiger partial charge in [-0.3, -0.25) is 0 Å². The van der Waals surface area contributed by atoms with Crippen molar-refractivity contribution in [1.29, 1.82) is 0 Å². The molecule has 1 aromatic heterocycles. The molecule has 0 bridgehead atoms. The van der Waals surface area contributed by atoms with Crippen LogP contribution in [-0.2, 0) is 0 Å². The molecular formula is C16H17F4N3O. The van der Waals surface area contributed by atoms with Gasteiger partial charge in [-0.15, -0.1) is 6.58 Å². The fourth-order valence-corrected chi connectivity index (χ4v) is 2.34. The SMILES string of the molecule is C=C(C)CC(O)(CNc1cc(F)cc2nc(C)ncc12)C(F)(F)F. The van der Waals surface area contributed by atoms with E-state index in [2.05, 4.69) is 21.9 Å². The van der Waals surface area contributed by atoms with Gasteiger partial charge in [0.05, 0.1) is 12.1 Å². The maximum atomic E-state index is 13.7. The molecule has 0 fully saturated rings. The van der Waals surface area contributed by atoms with Crippen LogP contribution in [0.5, 0.6) is 0 Å². The van der Waals surface area contributed by atoms with Gasteiger partial charge in [0, 0.05) is 29.8 Å². The average Bonchev–Trinajstić information content (AvgIpc) is 2.42. The zero-order valence-electron chi connectivity index (χ0n) is 13.2. The van der Waals surface area contributed by atoms with Crippen molar-refractivity contribution < 1.29 is 22.7 Å². The van der Waals surface area contributed by atoms with E-state index in [4.69, 9.17) is 0 Å². The van der Waals surface area contributed by atoms with Crippen LogP contribution in [0, 0.1) is 12.7 Å². The van der Waals surface area contributed by atoms with Crippen molar-refractivity contribution in [2.45, 2.75) is 32.0 Å². The highest BCUT2D eigenvalue weighted by Gasteiger charge is 2.53. The summed E-state index contributed by atoms with van der Waals surface area (Å²) in [5, 5.41) is 12.8. The lowest BCUT2D eigenvalue weighted by Gasteiger charge is -2.31. The smallest absolute Gasteiger partial charge is 0.381 e. The van der Waals surface area contributed by atoms with Crippen molar-refractivity contribution in [3.8, 4) is 0 Å². The van der Waals surface area contributed by atoms with Crippen molar-refractivity contribution in [2.75, 3.05) is 11.9 Å². The number of benzene rings is 1. The summed E-state index contributed by atoms with van der Waals surface area (Å²) in [5.74, 6) is -0.244. The second kappa shape index (κ2) is 6.35. The number of fused-ring (bicyclic) bond motifs is 1. The highest BCUT2D eigenvalue weighted by molar-refractivity contribution is 5.90. The van der Waals surface area contributed by atoms with Crippen LogP contribution in [0.25, 0.3) is 10.9 Å². The molecule has 0 aliphatic heterocycles. The van der Waals surface area contributed by atoms with Crippen LogP contribution in [-0.4, -0.2) is 33.4 Å². The van der Waals surface area contributed by atoms with E-state index in [9.17, 15) is 22.7 Å². The number of aromatic nitrogens is 2. The van der Waals surface area contributed by atoms with E-state index in [1.165, 1.54) is 19.2 Å². The van der Waals surface area contributed by atoms with Gasteiger partial charge in [-0.2, -0.15) is 13.2 Å². The number of aliphatic hydroxyl groups is 1. The predicted octanol–water partition coefficient (Wildman–Crippen LogP) is 3.75. The topological polar surface area (TPSA) is 58.0 Å². The Hall–Kier alpha value is -2.22. The van der Waals surface area contributed by atoms with Crippen LogP contribution in [0.3, 0.4) is 0 Å². The molecule has 0 spiro atoms. The first-order valence-electron chi connectivity index (χ1n) is 7.12. The minimum atomic E-state index is -4.87. The first-order chi connectivity index (χ1) is 11.0. The molecule has 0 amide bonds. The Bertz CT molecular complexity index is 770. The molecule has 8 heteroatoms. The molecule has 4 nitrogen and oxygen atoms in total. The third kappa shape index (κ3) is 3.81. The van der Waals surface area contributed by atoms with Crippen LogP contribution in [0.2, 0.25) is 0 Å². The monoisotopic (exact) mass is 343 g/mol. The fraction of sp³-hybridized carbons (Fsp3) is 0.375. The van der Waals surface area contributed by atoms with E-state index in [1.54, 1.807) is 6.92 Å². The minimum absolute atomic E-state index is 0.0781. The van der Waals surface area contributed by atoms with Crippen LogP contribution in [0.15, 0.2) is 30.5 Å². The Kier molecular flexibility index (Phi) is 4.80. The maximum Gasteiger partial charge on any atom is 0.419 e. The van der Waals surface area contributed by atoms with Gasteiger partial charge in [-0.05, 0) is 19.9 Å². The number of alkyl halides is 3. The molecule has 0 saturated heterocycles. The molecular weight excluding hydrogens is 326 g/mol. The second-order valence-electron chi connectivity index (χ2n) is 5.82. The molecule has 2 N–H and O–H groups in total. The minimum Gasteiger partial charge on any atom is -0.381 e. The van der Waals surface area contributed by atoms with E-state index in [0.29, 0.717) is 11.2 Å².